The number of rotatable bonds is 5. The summed E-state index contributed by atoms with van der Waals surface area (Å²) in [6.45, 7) is 6.31. The summed E-state index contributed by atoms with van der Waals surface area (Å²) in [7, 11) is -3.80. The molecule has 0 saturated carbocycles. The van der Waals surface area contributed by atoms with Gasteiger partial charge in [0, 0.05) is 0 Å². The van der Waals surface area contributed by atoms with Gasteiger partial charge in [0.05, 0.1) is 10.1 Å². The van der Waals surface area contributed by atoms with Gasteiger partial charge in [-0.1, -0.05) is 6.58 Å². The lowest BCUT2D eigenvalue weighted by Gasteiger charge is -2.21. The molecule has 1 atom stereocenters. The molecular weight excluding hydrogens is 208 g/mol. The summed E-state index contributed by atoms with van der Waals surface area (Å²) in [6, 6.07) is 0. The van der Waals surface area contributed by atoms with Crippen molar-refractivity contribution in [1.29, 1.82) is 0 Å². The van der Waals surface area contributed by atoms with Crippen LogP contribution in [0, 0.1) is 0 Å². The molecule has 0 saturated heterocycles. The van der Waals surface area contributed by atoms with E-state index in [2.05, 4.69) is 22.1 Å². The Labute approximate surface area is 83.9 Å². The van der Waals surface area contributed by atoms with Crippen LogP contribution in [0.1, 0.15) is 13.8 Å². The zero-order chi connectivity index (χ0) is 11.4. The minimum atomic E-state index is -3.80. The molecule has 3 N–H and O–H groups in total. The monoisotopic (exact) mass is 222 g/mol. The van der Waals surface area contributed by atoms with Gasteiger partial charge in [0.1, 0.15) is 0 Å². The molecule has 0 aliphatic rings. The number of amides is 1. The molecule has 0 aromatic rings. The van der Waals surface area contributed by atoms with E-state index < -0.39 is 27.7 Å². The lowest BCUT2D eigenvalue weighted by Crippen LogP contribution is -2.49. The van der Waals surface area contributed by atoms with Crippen LogP contribution in [0.15, 0.2) is 12.7 Å². The molecule has 0 aliphatic carbocycles. The van der Waals surface area contributed by atoms with Crippen LogP contribution in [0.2, 0.25) is 0 Å². The fourth-order valence-corrected chi connectivity index (χ4v) is 1.92. The van der Waals surface area contributed by atoms with Gasteiger partial charge in [-0.3, -0.25) is 4.79 Å². The highest BCUT2D eigenvalue weighted by Gasteiger charge is 2.40. The minimum absolute atomic E-state index is 0.407. The molecule has 0 bridgehead atoms. The maximum absolute atomic E-state index is 11.0. The van der Waals surface area contributed by atoms with Crippen LogP contribution in [0.3, 0.4) is 0 Å². The zero-order valence-corrected chi connectivity index (χ0v) is 8.93. The molecule has 0 aromatic heterocycles. The van der Waals surface area contributed by atoms with E-state index in [-0.39, 0.29) is 0 Å². The Bertz CT molecular complexity index is 277. The molecule has 0 rings (SSSR count). The molecule has 7 heteroatoms. The molecule has 0 heterocycles. The molecule has 0 aromatic carbocycles. The SMILES string of the molecule is C=CC(=O)NC(C)(C)C[S+]([O])(=O)ON. The third-order valence-electron chi connectivity index (χ3n) is 1.33. The van der Waals surface area contributed by atoms with E-state index in [1.807, 2.05) is 0 Å². The second-order valence-electron chi connectivity index (χ2n) is 3.38. The van der Waals surface area contributed by atoms with Gasteiger partial charge < -0.3 is 5.32 Å². The van der Waals surface area contributed by atoms with Crippen LogP contribution in [-0.4, -0.2) is 17.2 Å². The van der Waals surface area contributed by atoms with Crippen LogP contribution in [0.25, 0.3) is 0 Å². The molecule has 1 amide bonds. The Morgan fingerprint density at radius 3 is 2.57 bits per heavy atom. The molecule has 14 heavy (non-hydrogen) atoms. The first-order valence-electron chi connectivity index (χ1n) is 3.78. The molecule has 1 unspecified atom stereocenters. The van der Waals surface area contributed by atoms with Crippen molar-refractivity contribution >= 4 is 16.4 Å². The van der Waals surface area contributed by atoms with E-state index in [1.165, 1.54) is 13.8 Å². The number of hydrogen-bond acceptors (Lipinski definition) is 4. The summed E-state index contributed by atoms with van der Waals surface area (Å²) in [5.74, 6) is 3.69. The van der Waals surface area contributed by atoms with E-state index in [0.29, 0.717) is 0 Å². The van der Waals surface area contributed by atoms with Crippen LogP contribution in [0.5, 0.6) is 0 Å². The van der Waals surface area contributed by atoms with Gasteiger partial charge in [0.15, 0.2) is 0 Å². The van der Waals surface area contributed by atoms with Crippen molar-refractivity contribution in [2.75, 3.05) is 5.75 Å². The van der Waals surface area contributed by atoms with Gasteiger partial charge in [-0.25, -0.2) is 0 Å². The highest BCUT2D eigenvalue weighted by molar-refractivity contribution is 7.92. The van der Waals surface area contributed by atoms with Gasteiger partial charge in [-0.05, 0) is 28.4 Å². The van der Waals surface area contributed by atoms with Crippen molar-refractivity contribution in [3.63, 3.8) is 0 Å². The molecule has 0 aliphatic heterocycles. The fraction of sp³-hybridized carbons (Fsp3) is 0.571. The van der Waals surface area contributed by atoms with E-state index in [9.17, 15) is 13.6 Å². The maximum atomic E-state index is 11.0. The van der Waals surface area contributed by atoms with E-state index in [1.54, 1.807) is 0 Å². The summed E-state index contributed by atoms with van der Waals surface area (Å²) in [4.78, 5) is 10.9. The first-order chi connectivity index (χ1) is 6.22. The van der Waals surface area contributed by atoms with Gasteiger partial charge in [0.25, 0.3) is 0 Å². The Morgan fingerprint density at radius 1 is 1.71 bits per heavy atom. The molecule has 0 spiro atoms. The van der Waals surface area contributed by atoms with Gasteiger partial charge in [-0.2, -0.15) is 5.90 Å². The van der Waals surface area contributed by atoms with Crippen LogP contribution < -0.4 is 11.2 Å². The molecular formula is C7H14N2O4S+. The quantitative estimate of drug-likeness (QED) is 0.379. The predicted octanol–water partition coefficient (Wildman–Crippen LogP) is -0.282. The van der Waals surface area contributed by atoms with Crippen molar-refractivity contribution in [2.24, 2.45) is 5.90 Å². The average molecular weight is 222 g/mol. The lowest BCUT2D eigenvalue weighted by atomic mass is 10.1. The summed E-state index contributed by atoms with van der Waals surface area (Å²) >= 11 is 0. The Morgan fingerprint density at radius 2 is 2.21 bits per heavy atom. The lowest BCUT2D eigenvalue weighted by molar-refractivity contribution is -0.117. The van der Waals surface area contributed by atoms with Crippen LogP contribution in [0.4, 0.5) is 0 Å². The fourth-order valence-electron chi connectivity index (χ4n) is 0.897. The Balaban J connectivity index is 4.41. The number of nitrogens with two attached hydrogens (primary N) is 1. The number of hydrogen-bond donors (Lipinski definition) is 2. The summed E-state index contributed by atoms with van der Waals surface area (Å²) in [5, 5.41) is 2.42. The standard InChI is InChI=1S/C7H14N2O4S/c1-4-6(10)9-7(2,3)5-14(11,12)13-8/h4H,1,5,8H2,2-3H3,(H,9,10)/q+1. The number of carbonyl (C=O) groups excluding carboxylic acids is 1. The largest absolute Gasteiger partial charge is 0.415 e. The van der Waals surface area contributed by atoms with Gasteiger partial charge >= 0.3 is 10.5 Å². The second kappa shape index (κ2) is 4.65. The van der Waals surface area contributed by atoms with Gasteiger partial charge in [0.2, 0.25) is 11.7 Å². The van der Waals surface area contributed by atoms with Gasteiger partial charge in [-0.15, -0.1) is 0 Å². The average Bonchev–Trinajstić information content (AvgIpc) is 2.01. The normalized spacial score (nSPS) is 15.7. The van der Waals surface area contributed by atoms with Crippen molar-refractivity contribution < 1.29 is 17.8 Å². The second-order valence-corrected chi connectivity index (χ2v) is 4.97. The maximum Gasteiger partial charge on any atom is 0.415 e. The predicted molar refractivity (Wildman–Crippen MR) is 51.3 cm³/mol. The highest BCUT2D eigenvalue weighted by Crippen LogP contribution is 2.11. The Kier molecular flexibility index (Phi) is 4.40. The van der Waals surface area contributed by atoms with Crippen molar-refractivity contribution in [1.82, 2.24) is 5.32 Å². The zero-order valence-electron chi connectivity index (χ0n) is 8.11. The Hall–Kier alpha value is -0.760. The van der Waals surface area contributed by atoms with E-state index >= 15 is 0 Å². The first-order valence-corrected chi connectivity index (χ1v) is 5.36. The molecule has 1 radical (unpaired) electrons. The highest BCUT2D eigenvalue weighted by atomic mass is 32.3. The smallest absolute Gasteiger partial charge is 0.343 e. The summed E-state index contributed by atoms with van der Waals surface area (Å²) in [6.07, 6.45) is 1.05. The van der Waals surface area contributed by atoms with Crippen LogP contribution >= 0.6 is 0 Å². The summed E-state index contributed by atoms with van der Waals surface area (Å²) in [5.41, 5.74) is -0.955. The van der Waals surface area contributed by atoms with Crippen LogP contribution in [-0.2, 0) is 28.3 Å². The third kappa shape index (κ3) is 5.07. The third-order valence-corrected chi connectivity index (χ3v) is 2.70. The first kappa shape index (κ1) is 13.2. The summed E-state index contributed by atoms with van der Waals surface area (Å²) < 4.78 is 25.7. The molecule has 0 fully saturated rings. The molecule has 6 nitrogen and oxygen atoms in total. The van der Waals surface area contributed by atoms with Crippen molar-refractivity contribution in [3.8, 4) is 0 Å². The minimum Gasteiger partial charge on any atom is -0.343 e. The van der Waals surface area contributed by atoms with Crippen molar-refractivity contribution in [3.05, 3.63) is 12.7 Å². The van der Waals surface area contributed by atoms with E-state index in [4.69, 9.17) is 0 Å². The van der Waals surface area contributed by atoms with E-state index in [0.717, 1.165) is 6.08 Å². The number of carbonyl (C=O) groups is 1. The molecule has 81 valence electrons. The number of nitrogens with one attached hydrogen (secondary N) is 1. The van der Waals surface area contributed by atoms with Crippen molar-refractivity contribution in [2.45, 2.75) is 19.4 Å². The topological polar surface area (TPSA) is 101 Å².